The average Bonchev–Trinajstić information content (AvgIpc) is 2.33. The van der Waals surface area contributed by atoms with Gasteiger partial charge in [0, 0.05) is 25.5 Å². The molecular weight excluding hydrogens is 256 g/mol. The van der Waals surface area contributed by atoms with Gasteiger partial charge in [-0.25, -0.2) is 14.8 Å². The molecule has 1 heterocycles. The quantitative estimate of drug-likeness (QED) is 0.811. The maximum atomic E-state index is 11.4. The lowest BCUT2D eigenvalue weighted by Crippen LogP contribution is -2.35. The number of ether oxygens (including phenoxy) is 1. The number of rotatable bonds is 5. The fourth-order valence-corrected chi connectivity index (χ4v) is 1.38. The van der Waals surface area contributed by atoms with Crippen LogP contribution in [0.3, 0.4) is 0 Å². The van der Waals surface area contributed by atoms with Gasteiger partial charge in [0.25, 0.3) is 0 Å². The van der Waals surface area contributed by atoms with Crippen LogP contribution in [0.1, 0.15) is 46.1 Å². The molecule has 6 nitrogen and oxygen atoms in total. The Morgan fingerprint density at radius 3 is 2.35 bits per heavy atom. The first kappa shape index (κ1) is 16.2. The lowest BCUT2D eigenvalue weighted by atomic mass is 10.1. The van der Waals surface area contributed by atoms with Crippen LogP contribution >= 0.6 is 0 Å². The molecule has 0 atom stereocenters. The van der Waals surface area contributed by atoms with E-state index in [1.165, 1.54) is 0 Å². The van der Waals surface area contributed by atoms with Crippen LogP contribution in [0.5, 0.6) is 0 Å². The molecule has 0 bridgehead atoms. The standard InChI is InChI=1S/C14H24N4O2/c1-10(2)11-8-17-12(18-9-11)15-6-7-16-13(19)20-14(3,4)5/h8-10H,6-7H2,1-5H3,(H,16,19)(H,15,17,18). The predicted molar refractivity (Wildman–Crippen MR) is 78.8 cm³/mol. The SMILES string of the molecule is CC(C)c1cnc(NCCNC(=O)OC(C)(C)C)nc1. The lowest BCUT2D eigenvalue weighted by Gasteiger charge is -2.19. The van der Waals surface area contributed by atoms with Crippen LogP contribution in [-0.4, -0.2) is 34.8 Å². The van der Waals surface area contributed by atoms with Gasteiger partial charge in [0.1, 0.15) is 5.60 Å². The van der Waals surface area contributed by atoms with Crippen molar-refractivity contribution in [2.45, 2.75) is 46.1 Å². The van der Waals surface area contributed by atoms with Crippen molar-refractivity contribution >= 4 is 12.0 Å². The molecule has 112 valence electrons. The summed E-state index contributed by atoms with van der Waals surface area (Å²) in [4.78, 5) is 19.8. The van der Waals surface area contributed by atoms with Crippen LogP contribution in [0.2, 0.25) is 0 Å². The van der Waals surface area contributed by atoms with E-state index in [0.29, 0.717) is 25.0 Å². The number of hydrogen-bond acceptors (Lipinski definition) is 5. The van der Waals surface area contributed by atoms with Crippen molar-refractivity contribution in [3.05, 3.63) is 18.0 Å². The van der Waals surface area contributed by atoms with E-state index < -0.39 is 11.7 Å². The Morgan fingerprint density at radius 1 is 1.25 bits per heavy atom. The van der Waals surface area contributed by atoms with Crippen LogP contribution in [-0.2, 0) is 4.74 Å². The minimum absolute atomic E-state index is 0.415. The molecule has 0 fully saturated rings. The Hall–Kier alpha value is -1.85. The Kier molecular flexibility index (Phi) is 5.73. The summed E-state index contributed by atoms with van der Waals surface area (Å²) in [7, 11) is 0. The van der Waals surface area contributed by atoms with Gasteiger partial charge in [-0.15, -0.1) is 0 Å². The Morgan fingerprint density at radius 2 is 1.85 bits per heavy atom. The Balaban J connectivity index is 2.26. The number of nitrogens with one attached hydrogen (secondary N) is 2. The number of carbonyl (C=O) groups is 1. The second-order valence-corrected chi connectivity index (χ2v) is 5.85. The topological polar surface area (TPSA) is 76.1 Å². The van der Waals surface area contributed by atoms with Gasteiger partial charge in [-0.3, -0.25) is 0 Å². The monoisotopic (exact) mass is 280 g/mol. The number of hydrogen-bond donors (Lipinski definition) is 2. The third-order valence-corrected chi connectivity index (χ3v) is 2.41. The van der Waals surface area contributed by atoms with E-state index in [9.17, 15) is 4.79 Å². The first-order chi connectivity index (χ1) is 9.28. The molecule has 1 aromatic heterocycles. The van der Waals surface area contributed by atoms with Crippen LogP contribution in [0.15, 0.2) is 12.4 Å². The van der Waals surface area contributed by atoms with E-state index >= 15 is 0 Å². The summed E-state index contributed by atoms with van der Waals surface area (Å²) < 4.78 is 5.12. The van der Waals surface area contributed by atoms with Gasteiger partial charge in [0.05, 0.1) is 0 Å². The lowest BCUT2D eigenvalue weighted by molar-refractivity contribution is 0.0530. The normalized spacial score (nSPS) is 11.3. The van der Waals surface area contributed by atoms with Gasteiger partial charge in [-0.05, 0) is 32.3 Å². The third-order valence-electron chi connectivity index (χ3n) is 2.41. The Bertz CT molecular complexity index is 424. The highest BCUT2D eigenvalue weighted by atomic mass is 16.6. The summed E-state index contributed by atoms with van der Waals surface area (Å²) in [5.74, 6) is 0.971. The van der Waals surface area contributed by atoms with Crippen molar-refractivity contribution in [2.24, 2.45) is 0 Å². The zero-order valence-corrected chi connectivity index (χ0v) is 12.9. The van der Waals surface area contributed by atoms with Crippen molar-refractivity contribution < 1.29 is 9.53 Å². The fourth-order valence-electron chi connectivity index (χ4n) is 1.38. The summed E-state index contributed by atoms with van der Waals surface area (Å²) in [6.45, 7) is 10.7. The van der Waals surface area contributed by atoms with E-state index in [4.69, 9.17) is 4.74 Å². The predicted octanol–water partition coefficient (Wildman–Crippen LogP) is 2.54. The number of anilines is 1. The second-order valence-electron chi connectivity index (χ2n) is 5.85. The highest BCUT2D eigenvalue weighted by Crippen LogP contribution is 2.11. The first-order valence-corrected chi connectivity index (χ1v) is 6.80. The molecule has 20 heavy (non-hydrogen) atoms. The molecule has 0 saturated heterocycles. The molecule has 0 spiro atoms. The van der Waals surface area contributed by atoms with Crippen LogP contribution < -0.4 is 10.6 Å². The molecule has 1 rings (SSSR count). The molecule has 1 aromatic rings. The van der Waals surface area contributed by atoms with Crippen LogP contribution in [0, 0.1) is 0 Å². The number of alkyl carbamates (subject to hydrolysis) is 1. The van der Waals surface area contributed by atoms with Gasteiger partial charge >= 0.3 is 6.09 Å². The first-order valence-electron chi connectivity index (χ1n) is 6.80. The number of aromatic nitrogens is 2. The minimum atomic E-state index is -0.479. The molecule has 6 heteroatoms. The zero-order valence-electron chi connectivity index (χ0n) is 12.9. The van der Waals surface area contributed by atoms with Crippen molar-refractivity contribution in [1.82, 2.24) is 15.3 Å². The van der Waals surface area contributed by atoms with Gasteiger partial charge in [-0.1, -0.05) is 13.8 Å². The zero-order chi connectivity index (χ0) is 15.2. The van der Waals surface area contributed by atoms with E-state index in [2.05, 4.69) is 34.4 Å². The summed E-state index contributed by atoms with van der Waals surface area (Å²) in [6, 6.07) is 0. The van der Waals surface area contributed by atoms with Gasteiger partial charge in [0.2, 0.25) is 5.95 Å². The summed E-state index contributed by atoms with van der Waals surface area (Å²) in [5, 5.41) is 5.70. The molecule has 0 saturated carbocycles. The third kappa shape index (κ3) is 6.36. The highest BCUT2D eigenvalue weighted by molar-refractivity contribution is 5.67. The Labute approximate surface area is 120 Å². The van der Waals surface area contributed by atoms with Gasteiger partial charge in [0.15, 0.2) is 0 Å². The van der Waals surface area contributed by atoms with Gasteiger partial charge < -0.3 is 15.4 Å². The fraction of sp³-hybridized carbons (Fsp3) is 0.643. The molecule has 0 aromatic carbocycles. The molecule has 0 radical (unpaired) electrons. The summed E-state index contributed by atoms with van der Waals surface area (Å²) in [5.41, 5.74) is 0.621. The second kappa shape index (κ2) is 7.07. The molecular formula is C14H24N4O2. The maximum absolute atomic E-state index is 11.4. The van der Waals surface area contributed by atoms with Crippen molar-refractivity contribution in [2.75, 3.05) is 18.4 Å². The van der Waals surface area contributed by atoms with Crippen molar-refractivity contribution in [3.8, 4) is 0 Å². The van der Waals surface area contributed by atoms with E-state index in [1.54, 1.807) is 12.4 Å². The van der Waals surface area contributed by atoms with Crippen molar-refractivity contribution in [1.29, 1.82) is 0 Å². The molecule has 2 N–H and O–H groups in total. The smallest absolute Gasteiger partial charge is 0.407 e. The number of carbonyl (C=O) groups excluding carboxylic acids is 1. The highest BCUT2D eigenvalue weighted by Gasteiger charge is 2.15. The van der Waals surface area contributed by atoms with Gasteiger partial charge in [-0.2, -0.15) is 0 Å². The average molecular weight is 280 g/mol. The maximum Gasteiger partial charge on any atom is 0.407 e. The molecule has 0 unspecified atom stereocenters. The number of nitrogens with zero attached hydrogens (tertiary/aromatic N) is 2. The number of amides is 1. The van der Waals surface area contributed by atoms with E-state index in [1.807, 2.05) is 20.8 Å². The van der Waals surface area contributed by atoms with Crippen LogP contribution in [0.4, 0.5) is 10.7 Å². The molecule has 0 aliphatic carbocycles. The summed E-state index contributed by atoms with van der Waals surface area (Å²) >= 11 is 0. The van der Waals surface area contributed by atoms with Crippen molar-refractivity contribution in [3.63, 3.8) is 0 Å². The molecule has 1 amide bonds. The van der Waals surface area contributed by atoms with Crippen LogP contribution in [0.25, 0.3) is 0 Å². The van der Waals surface area contributed by atoms with E-state index in [0.717, 1.165) is 5.56 Å². The molecule has 0 aliphatic rings. The minimum Gasteiger partial charge on any atom is -0.444 e. The van der Waals surface area contributed by atoms with E-state index in [-0.39, 0.29) is 0 Å². The largest absolute Gasteiger partial charge is 0.444 e. The summed E-state index contributed by atoms with van der Waals surface area (Å²) in [6.07, 6.45) is 3.19. The molecule has 0 aliphatic heterocycles.